The molecule has 6 nitrogen and oxygen atoms in total. The van der Waals surface area contributed by atoms with Crippen molar-refractivity contribution in [1.82, 2.24) is 15.3 Å². The molecule has 0 aliphatic carbocycles. The summed E-state index contributed by atoms with van der Waals surface area (Å²) in [4.78, 5) is 23.7. The molecule has 1 unspecified atom stereocenters. The third-order valence-electron chi connectivity index (χ3n) is 5.30. The Kier molecular flexibility index (Phi) is 5.73. The van der Waals surface area contributed by atoms with Crippen LogP contribution in [0.2, 0.25) is 5.02 Å². The average Bonchev–Trinajstić information content (AvgIpc) is 3.17. The van der Waals surface area contributed by atoms with Crippen molar-refractivity contribution in [2.24, 2.45) is 0 Å². The van der Waals surface area contributed by atoms with Gasteiger partial charge in [-0.2, -0.15) is 0 Å². The number of rotatable bonds is 4. The summed E-state index contributed by atoms with van der Waals surface area (Å²) in [5.74, 6) is -0.0411. The zero-order valence-electron chi connectivity index (χ0n) is 15.4. The monoisotopic (exact) mass is 404 g/mol. The first-order valence-electron chi connectivity index (χ1n) is 9.52. The minimum absolute atomic E-state index is 0.111. The highest BCUT2D eigenvalue weighted by molar-refractivity contribution is 6.33. The van der Waals surface area contributed by atoms with Gasteiger partial charge in [0, 0.05) is 50.2 Å². The second-order valence-corrected chi connectivity index (χ2v) is 7.58. The van der Waals surface area contributed by atoms with Crippen LogP contribution in [0.3, 0.4) is 0 Å². The average molecular weight is 405 g/mol. The van der Waals surface area contributed by atoms with Gasteiger partial charge in [0.15, 0.2) is 0 Å². The number of carbonyl (C=O) groups is 1. The number of aromatic nitrogens is 2. The minimum Gasteiger partial charge on any atom is -0.381 e. The van der Waals surface area contributed by atoms with Crippen molar-refractivity contribution in [3.63, 3.8) is 0 Å². The van der Waals surface area contributed by atoms with E-state index in [1.54, 1.807) is 6.20 Å². The standard InChI is InChI=1S/C20H22ClFN4O2/c21-15-2-1-3-16(22)18(15)19(27)24-14-5-9-26(12-14)20-23-8-4-17(25-20)13-6-10-28-11-7-13/h1-4,8,13-14H,5-7,9-12H2,(H,24,27). The van der Waals surface area contributed by atoms with Gasteiger partial charge in [-0.05, 0) is 37.5 Å². The van der Waals surface area contributed by atoms with Crippen molar-refractivity contribution in [1.29, 1.82) is 0 Å². The van der Waals surface area contributed by atoms with E-state index in [9.17, 15) is 9.18 Å². The largest absolute Gasteiger partial charge is 0.381 e. The van der Waals surface area contributed by atoms with Crippen LogP contribution >= 0.6 is 11.6 Å². The summed E-state index contributed by atoms with van der Waals surface area (Å²) < 4.78 is 19.4. The number of halogens is 2. The molecule has 28 heavy (non-hydrogen) atoms. The van der Waals surface area contributed by atoms with Crippen molar-refractivity contribution >= 4 is 23.5 Å². The SMILES string of the molecule is O=C(NC1CCN(c2nccc(C3CCOCC3)n2)C1)c1c(F)cccc1Cl. The van der Waals surface area contributed by atoms with Gasteiger partial charge in [0.25, 0.3) is 5.91 Å². The third-order valence-corrected chi connectivity index (χ3v) is 5.62. The molecular weight excluding hydrogens is 383 g/mol. The van der Waals surface area contributed by atoms with E-state index in [2.05, 4.69) is 15.2 Å². The molecule has 0 radical (unpaired) electrons. The molecule has 1 aromatic carbocycles. The Labute approximate surface area is 168 Å². The number of amides is 1. The minimum atomic E-state index is -0.618. The highest BCUT2D eigenvalue weighted by Crippen LogP contribution is 2.27. The second kappa shape index (κ2) is 8.41. The van der Waals surface area contributed by atoms with E-state index >= 15 is 0 Å². The fraction of sp³-hybridized carbons (Fsp3) is 0.450. The van der Waals surface area contributed by atoms with Gasteiger partial charge >= 0.3 is 0 Å². The first kappa shape index (κ1) is 19.1. The number of hydrogen-bond acceptors (Lipinski definition) is 5. The molecule has 0 bridgehead atoms. The van der Waals surface area contributed by atoms with E-state index in [1.165, 1.54) is 18.2 Å². The maximum absolute atomic E-state index is 14.0. The summed E-state index contributed by atoms with van der Waals surface area (Å²) in [6.45, 7) is 2.84. The molecule has 0 spiro atoms. The fourth-order valence-electron chi connectivity index (χ4n) is 3.77. The lowest BCUT2D eigenvalue weighted by Gasteiger charge is -2.23. The number of benzene rings is 1. The van der Waals surface area contributed by atoms with E-state index in [4.69, 9.17) is 21.3 Å². The molecule has 4 rings (SSSR count). The Balaban J connectivity index is 1.41. The molecular formula is C20H22ClFN4O2. The predicted octanol–water partition coefficient (Wildman–Crippen LogP) is 3.17. The Morgan fingerprint density at radius 1 is 1.25 bits per heavy atom. The van der Waals surface area contributed by atoms with Gasteiger partial charge < -0.3 is 15.0 Å². The van der Waals surface area contributed by atoms with E-state index in [1.807, 2.05) is 6.07 Å². The number of anilines is 1. The Morgan fingerprint density at radius 2 is 2.07 bits per heavy atom. The Hall–Kier alpha value is -2.25. The molecule has 1 atom stereocenters. The molecule has 1 aromatic heterocycles. The molecule has 3 heterocycles. The number of hydrogen-bond donors (Lipinski definition) is 1. The molecule has 2 aliphatic rings. The maximum Gasteiger partial charge on any atom is 0.256 e. The fourth-order valence-corrected chi connectivity index (χ4v) is 4.02. The quantitative estimate of drug-likeness (QED) is 0.847. The lowest BCUT2D eigenvalue weighted by molar-refractivity contribution is 0.0845. The Bertz CT molecular complexity index is 840. The van der Waals surface area contributed by atoms with E-state index in [-0.39, 0.29) is 16.6 Å². The molecule has 2 fully saturated rings. The van der Waals surface area contributed by atoms with Crippen molar-refractivity contribution in [3.05, 3.63) is 52.6 Å². The lowest BCUT2D eigenvalue weighted by atomic mass is 9.96. The predicted molar refractivity (Wildman–Crippen MR) is 104 cm³/mol. The highest BCUT2D eigenvalue weighted by atomic mass is 35.5. The van der Waals surface area contributed by atoms with Gasteiger partial charge in [0.2, 0.25) is 5.95 Å². The second-order valence-electron chi connectivity index (χ2n) is 7.17. The molecule has 0 saturated carbocycles. The molecule has 148 valence electrons. The van der Waals surface area contributed by atoms with Crippen LogP contribution in [0.4, 0.5) is 10.3 Å². The van der Waals surface area contributed by atoms with Crippen LogP contribution in [0.25, 0.3) is 0 Å². The molecule has 2 saturated heterocycles. The number of carbonyl (C=O) groups excluding carboxylic acids is 1. The summed E-state index contributed by atoms with van der Waals surface area (Å²) in [6.07, 6.45) is 4.47. The first-order chi connectivity index (χ1) is 13.6. The summed E-state index contributed by atoms with van der Waals surface area (Å²) >= 11 is 5.99. The van der Waals surface area contributed by atoms with Gasteiger partial charge in [-0.3, -0.25) is 4.79 Å². The van der Waals surface area contributed by atoms with Crippen LogP contribution in [0, 0.1) is 5.82 Å². The van der Waals surface area contributed by atoms with Crippen LogP contribution in [-0.4, -0.2) is 48.2 Å². The molecule has 8 heteroatoms. The van der Waals surface area contributed by atoms with E-state index < -0.39 is 11.7 Å². The van der Waals surface area contributed by atoms with Gasteiger partial charge in [-0.25, -0.2) is 14.4 Å². The van der Waals surface area contributed by atoms with Crippen molar-refractivity contribution in [2.75, 3.05) is 31.2 Å². The highest BCUT2D eigenvalue weighted by Gasteiger charge is 2.28. The molecule has 2 aromatic rings. The summed E-state index contributed by atoms with van der Waals surface area (Å²) in [6, 6.07) is 6.08. The summed E-state index contributed by atoms with van der Waals surface area (Å²) in [5.41, 5.74) is 0.930. The van der Waals surface area contributed by atoms with Crippen molar-refractivity contribution in [3.8, 4) is 0 Å². The zero-order chi connectivity index (χ0) is 19.5. The number of ether oxygens (including phenoxy) is 1. The normalized spacial score (nSPS) is 20.4. The third kappa shape index (κ3) is 4.10. The van der Waals surface area contributed by atoms with Gasteiger partial charge in [-0.15, -0.1) is 0 Å². The summed E-state index contributed by atoms with van der Waals surface area (Å²) in [7, 11) is 0. The van der Waals surface area contributed by atoms with Crippen LogP contribution in [0.5, 0.6) is 0 Å². The Morgan fingerprint density at radius 3 is 2.86 bits per heavy atom. The maximum atomic E-state index is 14.0. The molecule has 1 amide bonds. The van der Waals surface area contributed by atoms with Crippen LogP contribution in [0.15, 0.2) is 30.5 Å². The van der Waals surface area contributed by atoms with Crippen LogP contribution in [-0.2, 0) is 4.74 Å². The smallest absolute Gasteiger partial charge is 0.256 e. The number of nitrogens with zero attached hydrogens (tertiary/aromatic N) is 3. The van der Waals surface area contributed by atoms with Gasteiger partial charge in [-0.1, -0.05) is 17.7 Å². The van der Waals surface area contributed by atoms with Crippen molar-refractivity contribution < 1.29 is 13.9 Å². The topological polar surface area (TPSA) is 67.4 Å². The van der Waals surface area contributed by atoms with E-state index in [0.29, 0.717) is 18.4 Å². The van der Waals surface area contributed by atoms with Gasteiger partial charge in [0.05, 0.1) is 10.6 Å². The zero-order valence-corrected chi connectivity index (χ0v) is 16.2. The molecule has 1 N–H and O–H groups in total. The number of nitrogens with one attached hydrogen (secondary N) is 1. The first-order valence-corrected chi connectivity index (χ1v) is 9.90. The van der Waals surface area contributed by atoms with Crippen LogP contribution < -0.4 is 10.2 Å². The van der Waals surface area contributed by atoms with E-state index in [0.717, 1.165) is 44.7 Å². The summed E-state index contributed by atoms with van der Waals surface area (Å²) in [5, 5.41) is 2.99. The van der Waals surface area contributed by atoms with Gasteiger partial charge in [0.1, 0.15) is 5.82 Å². The van der Waals surface area contributed by atoms with Crippen molar-refractivity contribution in [2.45, 2.75) is 31.2 Å². The molecule has 2 aliphatic heterocycles. The lowest BCUT2D eigenvalue weighted by Crippen LogP contribution is -2.38. The van der Waals surface area contributed by atoms with Crippen LogP contribution in [0.1, 0.15) is 41.2 Å².